The SMILES string of the molecule is Cc1cc(-n2cncn2)c2cccc(OCc3c(Cl)ccc(S(=O)(=O)N4CCC[C@H]4C(=O)NCC4CCN(Cc5ccccn5)CC4)c3Cl)c2n1. The number of benzene rings is 2. The smallest absolute Gasteiger partial charge is 0.245 e. The Morgan fingerprint density at radius 3 is 2.65 bits per heavy atom. The highest BCUT2D eigenvalue weighted by atomic mass is 35.5. The van der Waals surface area contributed by atoms with Gasteiger partial charge in [0.1, 0.15) is 41.5 Å². The first-order valence-corrected chi connectivity index (χ1v) is 19.2. The molecule has 1 N–H and O–H groups in total. The second kappa shape index (κ2) is 15.2. The number of rotatable bonds is 11. The molecule has 5 heterocycles. The molecule has 0 saturated carbocycles. The average Bonchev–Trinajstić information content (AvgIpc) is 3.85. The highest BCUT2D eigenvalue weighted by molar-refractivity contribution is 7.89. The van der Waals surface area contributed by atoms with Gasteiger partial charge in [0.15, 0.2) is 0 Å². The lowest BCUT2D eigenvalue weighted by Gasteiger charge is -2.32. The molecular weight excluding hydrogens is 711 g/mol. The molecule has 266 valence electrons. The molecule has 5 aromatic rings. The molecular formula is C36H38Cl2N8O4S. The number of ether oxygens (including phenoxy) is 1. The summed E-state index contributed by atoms with van der Waals surface area (Å²) in [6, 6.07) is 15.4. The number of carbonyl (C=O) groups excluding carboxylic acids is 1. The minimum atomic E-state index is -4.15. The summed E-state index contributed by atoms with van der Waals surface area (Å²) in [4.78, 5) is 28.9. The molecule has 1 amide bonds. The van der Waals surface area contributed by atoms with E-state index >= 15 is 0 Å². The van der Waals surface area contributed by atoms with Gasteiger partial charge in [-0.15, -0.1) is 0 Å². The van der Waals surface area contributed by atoms with E-state index < -0.39 is 16.1 Å². The summed E-state index contributed by atoms with van der Waals surface area (Å²) in [6.45, 7) is 5.13. The van der Waals surface area contributed by atoms with E-state index in [-0.39, 0.29) is 34.0 Å². The van der Waals surface area contributed by atoms with Gasteiger partial charge < -0.3 is 10.1 Å². The number of para-hydroxylation sites is 1. The Kier molecular flexibility index (Phi) is 10.5. The number of halogens is 2. The number of carbonyl (C=O) groups is 1. The van der Waals surface area contributed by atoms with E-state index in [9.17, 15) is 13.2 Å². The van der Waals surface area contributed by atoms with Crippen molar-refractivity contribution in [1.29, 1.82) is 0 Å². The number of aromatic nitrogens is 5. The van der Waals surface area contributed by atoms with Crippen LogP contribution < -0.4 is 10.1 Å². The van der Waals surface area contributed by atoms with Crippen molar-refractivity contribution in [3.8, 4) is 11.4 Å². The van der Waals surface area contributed by atoms with Gasteiger partial charge in [-0.1, -0.05) is 41.4 Å². The fraction of sp³-hybridized carbons (Fsp3) is 0.361. The number of amides is 1. The number of sulfonamides is 1. The summed E-state index contributed by atoms with van der Waals surface area (Å²) in [5, 5.41) is 8.32. The summed E-state index contributed by atoms with van der Waals surface area (Å²) >= 11 is 13.4. The predicted octanol–water partition coefficient (Wildman–Crippen LogP) is 5.59. The number of pyridine rings is 2. The molecule has 2 fully saturated rings. The first-order valence-electron chi connectivity index (χ1n) is 17.0. The first kappa shape index (κ1) is 35.3. The van der Waals surface area contributed by atoms with E-state index in [1.165, 1.54) is 22.8 Å². The van der Waals surface area contributed by atoms with E-state index in [1.54, 1.807) is 17.1 Å². The van der Waals surface area contributed by atoms with Gasteiger partial charge in [-0.2, -0.15) is 9.40 Å². The number of hydrogen-bond donors (Lipinski definition) is 1. The molecule has 3 aromatic heterocycles. The Morgan fingerprint density at radius 2 is 1.88 bits per heavy atom. The van der Waals surface area contributed by atoms with E-state index in [1.807, 2.05) is 49.5 Å². The van der Waals surface area contributed by atoms with Gasteiger partial charge in [-0.05, 0) is 88.0 Å². The standard InChI is InChI=1S/C36H38Cl2N8O4S/c1-24-18-31(45-23-39-22-42-45)27-7-4-9-32(35(27)43-24)50-21-28-29(37)10-11-33(34(28)38)51(48,49)46-15-5-8-30(46)36(47)41-19-25-12-16-44(17-13-25)20-26-6-2-3-14-40-26/h2-4,6-7,9-11,14,18,22-23,25,30H,5,8,12-13,15-17,19-21H2,1H3,(H,41,47)/t30-/m0/s1. The largest absolute Gasteiger partial charge is 0.487 e. The van der Waals surface area contributed by atoms with Crippen LogP contribution in [0.3, 0.4) is 0 Å². The number of piperidine rings is 1. The molecule has 12 nitrogen and oxygen atoms in total. The number of nitrogens with zero attached hydrogens (tertiary/aromatic N) is 7. The third-order valence-corrected chi connectivity index (χ3v) is 12.4. The van der Waals surface area contributed by atoms with E-state index in [2.05, 4.69) is 25.3 Å². The van der Waals surface area contributed by atoms with Crippen LogP contribution in [0.2, 0.25) is 10.0 Å². The van der Waals surface area contributed by atoms with Crippen molar-refractivity contribution in [2.24, 2.45) is 5.92 Å². The number of hydrogen-bond acceptors (Lipinski definition) is 9. The Hall–Kier alpha value is -4.14. The summed E-state index contributed by atoms with van der Waals surface area (Å²) in [5.74, 6) is 0.501. The van der Waals surface area contributed by atoms with Crippen LogP contribution in [0.15, 0.2) is 78.3 Å². The Labute approximate surface area is 306 Å². The van der Waals surface area contributed by atoms with Gasteiger partial charge in [-0.3, -0.25) is 14.7 Å². The number of nitrogens with one attached hydrogen (secondary N) is 1. The lowest BCUT2D eigenvalue weighted by atomic mass is 9.96. The summed E-state index contributed by atoms with van der Waals surface area (Å²) < 4.78 is 37.3. The molecule has 2 aromatic carbocycles. The molecule has 1 atom stereocenters. The first-order chi connectivity index (χ1) is 24.7. The van der Waals surface area contributed by atoms with Crippen molar-refractivity contribution in [2.75, 3.05) is 26.2 Å². The molecule has 7 rings (SSSR count). The maximum Gasteiger partial charge on any atom is 0.245 e. The Bertz CT molecular complexity index is 2130. The average molecular weight is 750 g/mol. The van der Waals surface area contributed by atoms with Gasteiger partial charge in [0.05, 0.1) is 16.4 Å². The van der Waals surface area contributed by atoms with Crippen molar-refractivity contribution in [2.45, 2.75) is 56.7 Å². The highest BCUT2D eigenvalue weighted by Gasteiger charge is 2.41. The van der Waals surface area contributed by atoms with E-state index in [0.717, 1.165) is 54.9 Å². The predicted molar refractivity (Wildman–Crippen MR) is 194 cm³/mol. The van der Waals surface area contributed by atoms with Crippen LogP contribution in [-0.2, 0) is 28.0 Å². The van der Waals surface area contributed by atoms with Crippen LogP contribution in [0.1, 0.15) is 42.6 Å². The molecule has 0 aliphatic carbocycles. The minimum Gasteiger partial charge on any atom is -0.487 e. The molecule has 0 radical (unpaired) electrons. The second-order valence-corrected chi connectivity index (χ2v) is 15.6. The Morgan fingerprint density at radius 1 is 1.04 bits per heavy atom. The fourth-order valence-corrected chi connectivity index (χ4v) is 9.39. The maximum absolute atomic E-state index is 14.1. The van der Waals surface area contributed by atoms with E-state index in [4.69, 9.17) is 32.9 Å². The van der Waals surface area contributed by atoms with Crippen LogP contribution >= 0.6 is 23.2 Å². The zero-order valence-electron chi connectivity index (χ0n) is 28.1. The number of fused-ring (bicyclic) bond motifs is 1. The van der Waals surface area contributed by atoms with Crippen molar-refractivity contribution >= 4 is 50.0 Å². The molecule has 0 unspecified atom stereocenters. The minimum absolute atomic E-state index is 0.0429. The van der Waals surface area contributed by atoms with Gasteiger partial charge >= 0.3 is 0 Å². The number of aryl methyl sites for hydroxylation is 1. The van der Waals surface area contributed by atoms with Crippen molar-refractivity contribution in [3.63, 3.8) is 0 Å². The zero-order valence-corrected chi connectivity index (χ0v) is 30.4. The lowest BCUT2D eigenvalue weighted by Crippen LogP contribution is -2.47. The summed E-state index contributed by atoms with van der Waals surface area (Å²) in [7, 11) is -4.15. The maximum atomic E-state index is 14.1. The summed E-state index contributed by atoms with van der Waals surface area (Å²) in [6.07, 6.45) is 7.76. The number of likely N-dealkylation sites (tertiary alicyclic amines) is 1. The molecule has 2 saturated heterocycles. The summed E-state index contributed by atoms with van der Waals surface area (Å²) in [5.41, 5.74) is 3.49. The topological polar surface area (TPSA) is 135 Å². The third-order valence-electron chi connectivity index (χ3n) is 9.57. The fourth-order valence-electron chi connectivity index (χ4n) is 6.87. The van der Waals surface area contributed by atoms with Crippen molar-refractivity contribution in [3.05, 3.63) is 100 Å². The van der Waals surface area contributed by atoms with Gasteiger partial charge in [-0.25, -0.2) is 23.1 Å². The molecule has 15 heteroatoms. The quantitative estimate of drug-likeness (QED) is 0.184. The molecule has 0 bridgehead atoms. The van der Waals surface area contributed by atoms with Crippen molar-refractivity contribution < 1.29 is 17.9 Å². The third kappa shape index (κ3) is 7.58. The molecule has 2 aliphatic rings. The van der Waals surface area contributed by atoms with Gasteiger partial charge in [0.2, 0.25) is 15.9 Å². The van der Waals surface area contributed by atoms with Crippen LogP contribution in [-0.4, -0.2) is 80.5 Å². The van der Waals surface area contributed by atoms with Crippen LogP contribution in [0, 0.1) is 12.8 Å². The van der Waals surface area contributed by atoms with E-state index in [0.29, 0.717) is 42.1 Å². The second-order valence-electron chi connectivity index (χ2n) is 13.0. The normalized spacial score (nSPS) is 17.6. The van der Waals surface area contributed by atoms with Crippen molar-refractivity contribution in [1.82, 2.24) is 39.3 Å². The van der Waals surface area contributed by atoms with Crippen LogP contribution in [0.25, 0.3) is 16.6 Å². The van der Waals surface area contributed by atoms with Crippen LogP contribution in [0.5, 0.6) is 5.75 Å². The van der Waals surface area contributed by atoms with Gasteiger partial charge in [0, 0.05) is 47.5 Å². The highest BCUT2D eigenvalue weighted by Crippen LogP contribution is 2.37. The van der Waals surface area contributed by atoms with Gasteiger partial charge in [0.25, 0.3) is 0 Å². The molecule has 2 aliphatic heterocycles. The molecule has 0 spiro atoms. The van der Waals surface area contributed by atoms with Crippen LogP contribution in [0.4, 0.5) is 0 Å². The molecule has 51 heavy (non-hydrogen) atoms. The zero-order chi connectivity index (χ0) is 35.5. The Balaban J connectivity index is 1.02. The monoisotopic (exact) mass is 748 g/mol. The lowest BCUT2D eigenvalue weighted by molar-refractivity contribution is -0.124.